The Balaban J connectivity index is 1.97. The fourth-order valence-corrected chi connectivity index (χ4v) is 5.31. The summed E-state index contributed by atoms with van der Waals surface area (Å²) in [5.41, 5.74) is -2.75. The maximum absolute atomic E-state index is 14.0. The van der Waals surface area contributed by atoms with E-state index in [9.17, 15) is 24.8 Å². The van der Waals surface area contributed by atoms with Crippen molar-refractivity contribution in [1.82, 2.24) is 0 Å². The number of fused-ring (bicyclic) bond motifs is 2. The van der Waals surface area contributed by atoms with Gasteiger partial charge in [0.25, 0.3) is 0 Å². The van der Waals surface area contributed by atoms with Gasteiger partial charge in [-0.15, -0.1) is 0 Å². The minimum Gasteiger partial charge on any atom is -0.443 e. The predicted molar refractivity (Wildman–Crippen MR) is 117 cm³/mol. The third kappa shape index (κ3) is 3.17. The van der Waals surface area contributed by atoms with Crippen molar-refractivity contribution in [3.05, 3.63) is 75.8 Å². The summed E-state index contributed by atoms with van der Waals surface area (Å²) in [6.45, 7) is 6.48. The molecule has 2 aliphatic rings. The lowest BCUT2D eigenvalue weighted by molar-refractivity contribution is -0.543. The first kappa shape index (κ1) is 22.0. The molecule has 0 radical (unpaired) electrons. The molecular formula is C24H26N2O6. The van der Waals surface area contributed by atoms with E-state index >= 15 is 0 Å². The Morgan fingerprint density at radius 1 is 1.16 bits per heavy atom. The highest BCUT2D eigenvalue weighted by Crippen LogP contribution is 2.61. The molecule has 4 rings (SSSR count). The van der Waals surface area contributed by atoms with Crippen molar-refractivity contribution < 1.29 is 24.4 Å². The van der Waals surface area contributed by atoms with Crippen molar-refractivity contribution in [3.63, 3.8) is 0 Å². The van der Waals surface area contributed by atoms with Gasteiger partial charge in [0.05, 0.1) is 17.0 Å². The van der Waals surface area contributed by atoms with E-state index in [1.54, 1.807) is 75.4 Å². The zero-order valence-electron chi connectivity index (χ0n) is 18.4. The van der Waals surface area contributed by atoms with Crippen molar-refractivity contribution in [1.29, 1.82) is 0 Å². The standard InChI is InChI=1S/C24H26N2O6/c1-22(2,3)32-21(28)25-17-13-9-8-12-16(17)24(20(25)27)14-23(4,29)19(26(30)31)18(24)15-10-6-5-7-11-15/h5-13,18-19,29H,14H2,1-4H3/t18-,19-,23+,24-/m1/s1. The van der Waals surface area contributed by atoms with E-state index in [2.05, 4.69) is 0 Å². The van der Waals surface area contributed by atoms with Crippen LogP contribution in [-0.2, 0) is 14.9 Å². The third-order valence-electron chi connectivity index (χ3n) is 6.29. The molecule has 1 fully saturated rings. The van der Waals surface area contributed by atoms with Gasteiger partial charge in [-0.1, -0.05) is 48.5 Å². The van der Waals surface area contributed by atoms with E-state index in [1.165, 1.54) is 6.92 Å². The van der Waals surface area contributed by atoms with Crippen molar-refractivity contribution in [2.75, 3.05) is 4.90 Å². The maximum Gasteiger partial charge on any atom is 0.421 e. The molecule has 1 spiro atoms. The fraction of sp³-hybridized carbons (Fsp3) is 0.417. The van der Waals surface area contributed by atoms with Gasteiger partial charge >= 0.3 is 6.09 Å². The number of amides is 2. The SMILES string of the molecule is CC(C)(C)OC(=O)N1C(=O)[C@]2(C[C@](C)(O)[C@H]([N+](=O)[O-])[C@H]2c2ccccc2)c2ccccc21. The van der Waals surface area contributed by atoms with Gasteiger partial charge in [0, 0.05) is 11.3 Å². The van der Waals surface area contributed by atoms with Gasteiger partial charge in [0.2, 0.25) is 11.9 Å². The number of carbonyl (C=O) groups excluding carboxylic acids is 2. The summed E-state index contributed by atoms with van der Waals surface area (Å²) in [5, 5.41) is 23.4. The van der Waals surface area contributed by atoms with Crippen LogP contribution in [0, 0.1) is 10.1 Å². The average Bonchev–Trinajstić information content (AvgIpc) is 3.09. The molecule has 0 bridgehead atoms. The van der Waals surface area contributed by atoms with E-state index in [4.69, 9.17) is 4.74 Å². The molecule has 0 saturated heterocycles. The highest BCUT2D eigenvalue weighted by molar-refractivity contribution is 6.21. The normalized spacial score (nSPS) is 29.3. The molecule has 2 amide bonds. The first-order chi connectivity index (χ1) is 14.9. The number of carbonyl (C=O) groups is 2. The molecule has 32 heavy (non-hydrogen) atoms. The number of rotatable bonds is 2. The third-order valence-corrected chi connectivity index (χ3v) is 6.29. The number of ether oxygens (including phenoxy) is 1. The number of hydrogen-bond donors (Lipinski definition) is 1. The van der Waals surface area contributed by atoms with Crippen LogP contribution in [0.25, 0.3) is 0 Å². The molecule has 168 valence electrons. The maximum atomic E-state index is 14.0. The Morgan fingerprint density at radius 2 is 1.75 bits per heavy atom. The van der Waals surface area contributed by atoms with E-state index in [1.807, 2.05) is 0 Å². The molecular weight excluding hydrogens is 412 g/mol. The second-order valence-electron chi connectivity index (χ2n) is 9.76. The van der Waals surface area contributed by atoms with Gasteiger partial charge in [-0.05, 0) is 44.9 Å². The summed E-state index contributed by atoms with van der Waals surface area (Å²) in [6.07, 6.45) is -1.04. The lowest BCUT2D eigenvalue weighted by atomic mass is 9.69. The Labute approximate surface area is 185 Å². The van der Waals surface area contributed by atoms with Crippen LogP contribution < -0.4 is 4.90 Å². The van der Waals surface area contributed by atoms with Crippen LogP contribution in [0.15, 0.2) is 54.6 Å². The average molecular weight is 438 g/mol. The second kappa shape index (κ2) is 7.13. The Kier molecular flexibility index (Phi) is 4.89. The van der Waals surface area contributed by atoms with Crippen LogP contribution in [0.1, 0.15) is 51.2 Å². The number of anilines is 1. The van der Waals surface area contributed by atoms with Crippen LogP contribution >= 0.6 is 0 Å². The Morgan fingerprint density at radius 3 is 2.34 bits per heavy atom. The van der Waals surface area contributed by atoms with Crippen LogP contribution in [0.5, 0.6) is 0 Å². The van der Waals surface area contributed by atoms with E-state index in [0.29, 0.717) is 16.8 Å². The zero-order valence-corrected chi connectivity index (χ0v) is 18.4. The number of nitrogens with zero attached hydrogens (tertiary/aromatic N) is 2. The smallest absolute Gasteiger partial charge is 0.421 e. The number of benzene rings is 2. The van der Waals surface area contributed by atoms with Crippen molar-refractivity contribution in [3.8, 4) is 0 Å². The zero-order chi connectivity index (χ0) is 23.5. The van der Waals surface area contributed by atoms with Crippen LogP contribution in [0.2, 0.25) is 0 Å². The van der Waals surface area contributed by atoms with Crippen LogP contribution in [0.4, 0.5) is 10.5 Å². The van der Waals surface area contributed by atoms with Gasteiger partial charge in [-0.3, -0.25) is 14.9 Å². The largest absolute Gasteiger partial charge is 0.443 e. The number of imide groups is 1. The molecule has 1 aliphatic carbocycles. The van der Waals surface area contributed by atoms with Gasteiger partial charge in [-0.2, -0.15) is 0 Å². The Hall–Kier alpha value is -3.26. The van der Waals surface area contributed by atoms with E-state index < -0.39 is 45.5 Å². The fourth-order valence-electron chi connectivity index (χ4n) is 5.31. The number of aliphatic hydroxyl groups is 1. The van der Waals surface area contributed by atoms with Crippen LogP contribution in [-0.4, -0.2) is 39.3 Å². The first-order valence-electron chi connectivity index (χ1n) is 10.5. The molecule has 0 unspecified atom stereocenters. The minimum absolute atomic E-state index is 0.194. The predicted octanol–water partition coefficient (Wildman–Crippen LogP) is 3.79. The molecule has 1 saturated carbocycles. The molecule has 8 nitrogen and oxygen atoms in total. The monoisotopic (exact) mass is 438 g/mol. The van der Waals surface area contributed by atoms with E-state index in [0.717, 1.165) is 4.90 Å². The molecule has 2 aromatic rings. The first-order valence-corrected chi connectivity index (χ1v) is 10.5. The van der Waals surface area contributed by atoms with Gasteiger partial charge < -0.3 is 9.84 Å². The lowest BCUT2D eigenvalue weighted by Gasteiger charge is -2.30. The topological polar surface area (TPSA) is 110 Å². The Bertz CT molecular complexity index is 1090. The summed E-state index contributed by atoms with van der Waals surface area (Å²) < 4.78 is 5.49. The van der Waals surface area contributed by atoms with Gasteiger partial charge in [0.1, 0.15) is 11.2 Å². The summed E-state index contributed by atoms with van der Waals surface area (Å²) in [7, 11) is 0. The van der Waals surface area contributed by atoms with E-state index in [-0.39, 0.29) is 6.42 Å². The molecule has 1 heterocycles. The van der Waals surface area contributed by atoms with Crippen molar-refractivity contribution in [2.24, 2.45) is 0 Å². The minimum atomic E-state index is -1.78. The van der Waals surface area contributed by atoms with Gasteiger partial charge in [-0.25, -0.2) is 9.69 Å². The molecule has 2 aromatic carbocycles. The van der Waals surface area contributed by atoms with Crippen molar-refractivity contribution in [2.45, 2.75) is 62.7 Å². The molecule has 1 N–H and O–H groups in total. The molecule has 1 aliphatic heterocycles. The molecule has 4 atom stereocenters. The molecule has 0 aromatic heterocycles. The summed E-state index contributed by atoms with van der Waals surface area (Å²) >= 11 is 0. The van der Waals surface area contributed by atoms with Gasteiger partial charge in [0.15, 0.2) is 0 Å². The number of hydrogen-bond acceptors (Lipinski definition) is 6. The summed E-state index contributed by atoms with van der Waals surface area (Å²) in [4.78, 5) is 39.8. The number of nitro groups is 1. The second-order valence-corrected chi connectivity index (χ2v) is 9.76. The summed E-state index contributed by atoms with van der Waals surface area (Å²) in [5.74, 6) is -1.60. The highest BCUT2D eigenvalue weighted by Gasteiger charge is 2.72. The summed E-state index contributed by atoms with van der Waals surface area (Å²) in [6, 6.07) is 14.0. The van der Waals surface area contributed by atoms with Crippen molar-refractivity contribution >= 4 is 17.7 Å². The highest BCUT2D eigenvalue weighted by atomic mass is 16.6. The lowest BCUT2D eigenvalue weighted by Crippen LogP contribution is -2.48. The van der Waals surface area contributed by atoms with Crippen LogP contribution in [0.3, 0.4) is 0 Å². The number of para-hydroxylation sites is 1. The molecule has 8 heteroatoms. The quantitative estimate of drug-likeness (QED) is 0.564.